The van der Waals surface area contributed by atoms with Crippen molar-refractivity contribution < 1.29 is 0 Å². The first-order valence-corrected chi connectivity index (χ1v) is 11.6. The van der Waals surface area contributed by atoms with Crippen LogP contribution in [0.15, 0.2) is 24.3 Å². The molecule has 0 bridgehead atoms. The van der Waals surface area contributed by atoms with Crippen LogP contribution in [-0.2, 0) is 0 Å². The standard InChI is InChI=1S/C24H38N6/c1-27-13-9-19(10-14-27)17-29(3)23-21-7-5-6-8-22(21)25-24(26-23)30(4)18-20-11-15-28(2)16-12-20/h5-8,19-20H,9-18H2,1-4H3. The first-order chi connectivity index (χ1) is 14.5. The number of fused-ring (bicyclic) bond motifs is 1. The molecule has 1 aromatic heterocycles. The van der Waals surface area contributed by atoms with Gasteiger partial charge in [-0.25, -0.2) is 4.98 Å². The fourth-order valence-corrected chi connectivity index (χ4v) is 4.94. The second-order valence-corrected chi connectivity index (χ2v) is 9.62. The molecule has 2 aromatic rings. The van der Waals surface area contributed by atoms with Crippen molar-refractivity contribution in [3.63, 3.8) is 0 Å². The van der Waals surface area contributed by atoms with E-state index in [0.717, 1.165) is 47.6 Å². The third-order valence-electron chi connectivity index (χ3n) is 7.01. The number of para-hydroxylation sites is 1. The second kappa shape index (κ2) is 9.48. The Balaban J connectivity index is 1.53. The molecule has 0 spiro atoms. The van der Waals surface area contributed by atoms with E-state index in [0.29, 0.717) is 0 Å². The summed E-state index contributed by atoms with van der Waals surface area (Å²) in [6.45, 7) is 6.89. The van der Waals surface area contributed by atoms with E-state index in [9.17, 15) is 0 Å². The molecule has 1 aromatic carbocycles. The molecule has 6 nitrogen and oxygen atoms in total. The highest BCUT2D eigenvalue weighted by Gasteiger charge is 2.22. The zero-order valence-electron chi connectivity index (χ0n) is 19.2. The SMILES string of the molecule is CN1CCC(CN(C)c2nc(N(C)CC3CCN(C)CC3)c3ccccc3n2)CC1. The molecule has 0 amide bonds. The van der Waals surface area contributed by atoms with Gasteiger partial charge in [0.15, 0.2) is 0 Å². The molecule has 0 radical (unpaired) electrons. The van der Waals surface area contributed by atoms with Gasteiger partial charge in [0.05, 0.1) is 5.52 Å². The molecule has 0 unspecified atom stereocenters. The van der Waals surface area contributed by atoms with Crippen molar-refractivity contribution in [1.82, 2.24) is 19.8 Å². The van der Waals surface area contributed by atoms with Crippen molar-refractivity contribution in [2.45, 2.75) is 25.7 Å². The van der Waals surface area contributed by atoms with Crippen molar-refractivity contribution in [3.05, 3.63) is 24.3 Å². The average molecular weight is 411 g/mol. The lowest BCUT2D eigenvalue weighted by molar-refractivity contribution is 0.222. The van der Waals surface area contributed by atoms with Crippen LogP contribution in [-0.4, -0.2) is 87.2 Å². The predicted molar refractivity (Wildman–Crippen MR) is 127 cm³/mol. The number of anilines is 2. The number of hydrogen-bond donors (Lipinski definition) is 0. The molecule has 0 aliphatic carbocycles. The maximum Gasteiger partial charge on any atom is 0.227 e. The highest BCUT2D eigenvalue weighted by molar-refractivity contribution is 5.90. The van der Waals surface area contributed by atoms with Crippen LogP contribution in [0, 0.1) is 11.8 Å². The summed E-state index contributed by atoms with van der Waals surface area (Å²) < 4.78 is 0. The van der Waals surface area contributed by atoms with Gasteiger partial charge in [-0.1, -0.05) is 12.1 Å². The summed E-state index contributed by atoms with van der Waals surface area (Å²) in [6, 6.07) is 8.46. The molecular formula is C24H38N6. The molecule has 2 saturated heterocycles. The summed E-state index contributed by atoms with van der Waals surface area (Å²) in [5.74, 6) is 3.39. The summed E-state index contributed by atoms with van der Waals surface area (Å²) in [5.41, 5.74) is 1.04. The van der Waals surface area contributed by atoms with Crippen LogP contribution in [0.3, 0.4) is 0 Å². The number of nitrogens with zero attached hydrogens (tertiary/aromatic N) is 6. The van der Waals surface area contributed by atoms with Gasteiger partial charge in [-0.3, -0.25) is 0 Å². The van der Waals surface area contributed by atoms with Crippen LogP contribution in [0.4, 0.5) is 11.8 Å². The van der Waals surface area contributed by atoms with E-state index >= 15 is 0 Å². The molecule has 3 heterocycles. The first-order valence-electron chi connectivity index (χ1n) is 11.6. The van der Waals surface area contributed by atoms with Gasteiger partial charge in [0, 0.05) is 32.6 Å². The second-order valence-electron chi connectivity index (χ2n) is 9.62. The third-order valence-corrected chi connectivity index (χ3v) is 7.01. The Kier molecular flexibility index (Phi) is 6.74. The Morgan fingerprint density at radius 3 is 1.93 bits per heavy atom. The van der Waals surface area contributed by atoms with E-state index in [2.05, 4.69) is 72.1 Å². The van der Waals surface area contributed by atoms with Gasteiger partial charge >= 0.3 is 0 Å². The van der Waals surface area contributed by atoms with E-state index in [4.69, 9.17) is 9.97 Å². The normalized spacial score (nSPS) is 20.0. The fourth-order valence-electron chi connectivity index (χ4n) is 4.94. The van der Waals surface area contributed by atoms with E-state index in [-0.39, 0.29) is 0 Å². The van der Waals surface area contributed by atoms with E-state index in [1.54, 1.807) is 0 Å². The number of rotatable bonds is 6. The summed E-state index contributed by atoms with van der Waals surface area (Å²) >= 11 is 0. The number of hydrogen-bond acceptors (Lipinski definition) is 6. The number of aromatic nitrogens is 2. The minimum atomic E-state index is 0.724. The molecule has 0 saturated carbocycles. The molecule has 30 heavy (non-hydrogen) atoms. The third kappa shape index (κ3) is 5.03. The van der Waals surface area contributed by atoms with Gasteiger partial charge in [0.25, 0.3) is 0 Å². The molecule has 6 heteroatoms. The minimum absolute atomic E-state index is 0.724. The summed E-state index contributed by atoms with van der Waals surface area (Å²) in [5, 5.41) is 1.16. The van der Waals surface area contributed by atoms with Crippen molar-refractivity contribution in [2.75, 3.05) is 77.3 Å². The van der Waals surface area contributed by atoms with Crippen molar-refractivity contribution in [2.24, 2.45) is 11.8 Å². The monoisotopic (exact) mass is 410 g/mol. The van der Waals surface area contributed by atoms with Crippen LogP contribution in [0.1, 0.15) is 25.7 Å². The van der Waals surface area contributed by atoms with E-state index in [1.165, 1.54) is 51.9 Å². The molecule has 0 atom stereocenters. The molecule has 2 aliphatic rings. The van der Waals surface area contributed by atoms with Crippen LogP contribution in [0.2, 0.25) is 0 Å². The molecule has 0 N–H and O–H groups in total. The molecular weight excluding hydrogens is 372 g/mol. The van der Waals surface area contributed by atoms with Crippen molar-refractivity contribution >= 4 is 22.7 Å². The van der Waals surface area contributed by atoms with Crippen LogP contribution in [0.25, 0.3) is 10.9 Å². The van der Waals surface area contributed by atoms with Gasteiger partial charge in [-0.2, -0.15) is 4.98 Å². The summed E-state index contributed by atoms with van der Waals surface area (Å²) in [6.07, 6.45) is 5.06. The van der Waals surface area contributed by atoms with E-state index in [1.807, 2.05) is 0 Å². The quantitative estimate of drug-likeness (QED) is 0.728. The number of piperidine rings is 2. The molecule has 164 valence electrons. The Labute approximate surface area is 181 Å². The number of benzene rings is 1. The lowest BCUT2D eigenvalue weighted by Crippen LogP contribution is -2.37. The maximum atomic E-state index is 5.08. The van der Waals surface area contributed by atoms with Crippen LogP contribution >= 0.6 is 0 Å². The smallest absolute Gasteiger partial charge is 0.227 e. The van der Waals surface area contributed by atoms with Gasteiger partial charge in [0.1, 0.15) is 5.82 Å². The highest BCUT2D eigenvalue weighted by atomic mass is 15.3. The summed E-state index contributed by atoms with van der Waals surface area (Å²) in [4.78, 5) is 19.5. The highest BCUT2D eigenvalue weighted by Crippen LogP contribution is 2.28. The molecule has 2 fully saturated rings. The van der Waals surface area contributed by atoms with Crippen LogP contribution < -0.4 is 9.80 Å². The molecule has 4 rings (SSSR count). The van der Waals surface area contributed by atoms with Crippen LogP contribution in [0.5, 0.6) is 0 Å². The Bertz CT molecular complexity index is 824. The fraction of sp³-hybridized carbons (Fsp3) is 0.667. The lowest BCUT2D eigenvalue weighted by atomic mass is 9.96. The van der Waals surface area contributed by atoms with Gasteiger partial charge in [-0.05, 0) is 89.9 Å². The lowest BCUT2D eigenvalue weighted by Gasteiger charge is -2.33. The van der Waals surface area contributed by atoms with Crippen molar-refractivity contribution in [3.8, 4) is 0 Å². The average Bonchev–Trinajstić information content (AvgIpc) is 2.76. The summed E-state index contributed by atoms with van der Waals surface area (Å²) in [7, 11) is 8.81. The Hall–Kier alpha value is -1.92. The number of likely N-dealkylation sites (tertiary alicyclic amines) is 2. The molecule has 2 aliphatic heterocycles. The minimum Gasteiger partial charge on any atom is -0.359 e. The first kappa shape index (κ1) is 21.3. The topological polar surface area (TPSA) is 38.7 Å². The predicted octanol–water partition coefficient (Wildman–Crippen LogP) is 3.19. The Morgan fingerprint density at radius 2 is 1.33 bits per heavy atom. The van der Waals surface area contributed by atoms with Gasteiger partial charge in [0.2, 0.25) is 5.95 Å². The zero-order valence-corrected chi connectivity index (χ0v) is 19.2. The van der Waals surface area contributed by atoms with Crippen molar-refractivity contribution in [1.29, 1.82) is 0 Å². The van der Waals surface area contributed by atoms with Gasteiger partial charge in [-0.15, -0.1) is 0 Å². The largest absolute Gasteiger partial charge is 0.359 e. The van der Waals surface area contributed by atoms with E-state index < -0.39 is 0 Å². The van der Waals surface area contributed by atoms with Gasteiger partial charge < -0.3 is 19.6 Å². The maximum absolute atomic E-state index is 5.08. The Morgan fingerprint density at radius 1 is 0.800 bits per heavy atom. The zero-order chi connectivity index (χ0) is 21.1.